The number of anilines is 1. The van der Waals surface area contributed by atoms with Gasteiger partial charge in [0.15, 0.2) is 11.6 Å². The zero-order valence-electron chi connectivity index (χ0n) is 11.6. The summed E-state index contributed by atoms with van der Waals surface area (Å²) in [7, 11) is 0. The van der Waals surface area contributed by atoms with Crippen LogP contribution in [0.1, 0.15) is 6.92 Å². The SMILES string of the molecule is C[C@H]1OCCN[C@@H]1C(=O)Nc1ccc(OC(F)F)c(F)c1.Cl. The molecule has 5 nitrogen and oxygen atoms in total. The molecule has 0 radical (unpaired) electrons. The molecule has 124 valence electrons. The van der Waals surface area contributed by atoms with Crippen molar-refractivity contribution in [2.75, 3.05) is 18.5 Å². The van der Waals surface area contributed by atoms with Gasteiger partial charge in [-0.3, -0.25) is 4.79 Å². The standard InChI is InChI=1S/C13H15F3N2O3.ClH/c1-7-11(17-4-5-20-7)12(19)18-8-2-3-10(9(14)6-8)21-13(15)16;/h2-3,6-7,11,13,17H,4-5H2,1H3,(H,18,19);1H/t7-,11+;/m1./s1. The van der Waals surface area contributed by atoms with Crippen molar-refractivity contribution in [3.63, 3.8) is 0 Å². The molecule has 0 saturated carbocycles. The first-order valence-corrected chi connectivity index (χ1v) is 6.37. The van der Waals surface area contributed by atoms with Gasteiger partial charge in [0.25, 0.3) is 0 Å². The number of hydrogen-bond donors (Lipinski definition) is 2. The van der Waals surface area contributed by atoms with Crippen LogP contribution in [0, 0.1) is 5.82 Å². The lowest BCUT2D eigenvalue weighted by Crippen LogP contribution is -2.53. The summed E-state index contributed by atoms with van der Waals surface area (Å²) in [4.78, 5) is 12.0. The molecule has 1 aromatic rings. The van der Waals surface area contributed by atoms with Crippen LogP contribution in [-0.4, -0.2) is 37.8 Å². The number of morpholine rings is 1. The molecule has 0 bridgehead atoms. The first-order valence-electron chi connectivity index (χ1n) is 6.37. The minimum Gasteiger partial charge on any atom is -0.432 e. The zero-order chi connectivity index (χ0) is 15.4. The summed E-state index contributed by atoms with van der Waals surface area (Å²) in [6.07, 6.45) is -0.315. The molecule has 1 saturated heterocycles. The molecule has 0 aromatic heterocycles. The van der Waals surface area contributed by atoms with Crippen LogP contribution in [0.2, 0.25) is 0 Å². The molecule has 1 heterocycles. The lowest BCUT2D eigenvalue weighted by Gasteiger charge is -2.29. The Hall–Kier alpha value is -1.51. The molecule has 1 amide bonds. The minimum absolute atomic E-state index is 0. The van der Waals surface area contributed by atoms with Crippen molar-refractivity contribution in [2.45, 2.75) is 25.7 Å². The summed E-state index contributed by atoms with van der Waals surface area (Å²) in [5.41, 5.74) is 0.152. The van der Waals surface area contributed by atoms with Gasteiger partial charge in [-0.15, -0.1) is 12.4 Å². The third kappa shape index (κ3) is 4.75. The predicted octanol–water partition coefficient (Wildman–Crippen LogP) is 2.16. The highest BCUT2D eigenvalue weighted by atomic mass is 35.5. The Morgan fingerprint density at radius 2 is 2.23 bits per heavy atom. The van der Waals surface area contributed by atoms with E-state index in [0.717, 1.165) is 12.1 Å². The zero-order valence-corrected chi connectivity index (χ0v) is 12.5. The normalized spacial score (nSPS) is 21.1. The summed E-state index contributed by atoms with van der Waals surface area (Å²) < 4.78 is 46.9. The highest BCUT2D eigenvalue weighted by Gasteiger charge is 2.28. The average molecular weight is 341 g/mol. The fourth-order valence-corrected chi connectivity index (χ4v) is 2.02. The molecule has 9 heteroatoms. The molecule has 1 aliphatic rings. The molecule has 1 aliphatic heterocycles. The number of benzene rings is 1. The van der Waals surface area contributed by atoms with E-state index in [1.807, 2.05) is 0 Å². The molecule has 0 unspecified atom stereocenters. The third-order valence-electron chi connectivity index (χ3n) is 3.01. The molecule has 0 spiro atoms. The van der Waals surface area contributed by atoms with Crippen molar-refractivity contribution in [3.05, 3.63) is 24.0 Å². The van der Waals surface area contributed by atoms with E-state index in [2.05, 4.69) is 15.4 Å². The Labute approximate surface area is 131 Å². The smallest absolute Gasteiger partial charge is 0.387 e. The van der Waals surface area contributed by atoms with Crippen LogP contribution in [0.25, 0.3) is 0 Å². The average Bonchev–Trinajstić information content (AvgIpc) is 2.42. The van der Waals surface area contributed by atoms with E-state index >= 15 is 0 Å². The number of hydrogen-bond acceptors (Lipinski definition) is 4. The van der Waals surface area contributed by atoms with Crippen LogP contribution in [0.3, 0.4) is 0 Å². The number of amides is 1. The second kappa shape index (κ2) is 8.21. The summed E-state index contributed by atoms with van der Waals surface area (Å²) in [6.45, 7) is -0.308. The number of carbonyl (C=O) groups excluding carboxylic acids is 1. The molecular weight excluding hydrogens is 325 g/mol. The molecule has 1 fully saturated rings. The first kappa shape index (κ1) is 18.5. The van der Waals surface area contributed by atoms with Crippen LogP contribution in [0.15, 0.2) is 18.2 Å². The largest absolute Gasteiger partial charge is 0.432 e. The van der Waals surface area contributed by atoms with Crippen molar-refractivity contribution in [1.82, 2.24) is 5.32 Å². The number of rotatable bonds is 4. The Balaban J connectivity index is 0.00000242. The van der Waals surface area contributed by atoms with E-state index in [1.165, 1.54) is 6.07 Å². The summed E-state index contributed by atoms with van der Waals surface area (Å²) in [6, 6.07) is 2.68. The van der Waals surface area contributed by atoms with Gasteiger partial charge in [-0.25, -0.2) is 4.39 Å². The second-order valence-corrected chi connectivity index (χ2v) is 4.52. The van der Waals surface area contributed by atoms with Crippen molar-refractivity contribution in [2.24, 2.45) is 0 Å². The van der Waals surface area contributed by atoms with E-state index in [4.69, 9.17) is 4.74 Å². The van der Waals surface area contributed by atoms with Crippen LogP contribution >= 0.6 is 12.4 Å². The Morgan fingerprint density at radius 3 is 2.82 bits per heavy atom. The Bertz CT molecular complexity index is 519. The van der Waals surface area contributed by atoms with E-state index < -0.39 is 24.2 Å². The lowest BCUT2D eigenvalue weighted by molar-refractivity contribution is -0.123. The summed E-state index contributed by atoms with van der Waals surface area (Å²) in [5, 5.41) is 5.49. The number of halogens is 4. The third-order valence-corrected chi connectivity index (χ3v) is 3.01. The number of alkyl halides is 2. The molecular formula is C13H16ClF3N2O3. The van der Waals surface area contributed by atoms with Gasteiger partial charge in [-0.05, 0) is 19.1 Å². The van der Waals surface area contributed by atoms with Gasteiger partial charge in [-0.1, -0.05) is 0 Å². The maximum absolute atomic E-state index is 13.5. The summed E-state index contributed by atoms with van der Waals surface area (Å²) in [5.74, 6) is -1.94. The van der Waals surface area contributed by atoms with Gasteiger partial charge in [0.2, 0.25) is 5.91 Å². The monoisotopic (exact) mass is 340 g/mol. The van der Waals surface area contributed by atoms with Gasteiger partial charge in [0.1, 0.15) is 6.04 Å². The molecule has 2 N–H and O–H groups in total. The fraction of sp³-hybridized carbons (Fsp3) is 0.462. The van der Waals surface area contributed by atoms with Crippen LogP contribution in [0.4, 0.5) is 18.9 Å². The van der Waals surface area contributed by atoms with Gasteiger partial charge < -0.3 is 20.1 Å². The number of nitrogens with one attached hydrogen (secondary N) is 2. The van der Waals surface area contributed by atoms with Crippen molar-refractivity contribution in [3.8, 4) is 5.75 Å². The molecule has 0 aliphatic carbocycles. The van der Waals surface area contributed by atoms with E-state index in [9.17, 15) is 18.0 Å². The highest BCUT2D eigenvalue weighted by molar-refractivity contribution is 5.95. The lowest BCUT2D eigenvalue weighted by atomic mass is 10.1. The van der Waals surface area contributed by atoms with Crippen LogP contribution in [-0.2, 0) is 9.53 Å². The topological polar surface area (TPSA) is 59.6 Å². The van der Waals surface area contributed by atoms with Gasteiger partial charge in [0, 0.05) is 18.3 Å². The maximum Gasteiger partial charge on any atom is 0.387 e. The first-order chi connectivity index (χ1) is 9.97. The molecule has 2 atom stereocenters. The quantitative estimate of drug-likeness (QED) is 0.882. The predicted molar refractivity (Wildman–Crippen MR) is 76.1 cm³/mol. The Kier molecular flexibility index (Phi) is 6.92. The maximum atomic E-state index is 13.5. The Morgan fingerprint density at radius 1 is 1.50 bits per heavy atom. The van der Waals surface area contributed by atoms with Crippen LogP contribution in [0.5, 0.6) is 5.75 Å². The van der Waals surface area contributed by atoms with E-state index in [1.54, 1.807) is 6.92 Å². The molecule has 1 aromatic carbocycles. The van der Waals surface area contributed by atoms with Gasteiger partial charge >= 0.3 is 6.61 Å². The van der Waals surface area contributed by atoms with E-state index in [0.29, 0.717) is 13.2 Å². The number of ether oxygens (including phenoxy) is 2. The van der Waals surface area contributed by atoms with Gasteiger partial charge in [-0.2, -0.15) is 8.78 Å². The van der Waals surface area contributed by atoms with Crippen molar-refractivity contribution in [1.29, 1.82) is 0 Å². The van der Waals surface area contributed by atoms with Gasteiger partial charge in [0.05, 0.1) is 12.7 Å². The van der Waals surface area contributed by atoms with E-state index in [-0.39, 0.29) is 30.1 Å². The van der Waals surface area contributed by atoms with Crippen LogP contribution < -0.4 is 15.4 Å². The van der Waals surface area contributed by atoms with Crippen molar-refractivity contribution >= 4 is 24.0 Å². The highest BCUT2D eigenvalue weighted by Crippen LogP contribution is 2.23. The summed E-state index contributed by atoms with van der Waals surface area (Å²) >= 11 is 0. The number of carbonyl (C=O) groups is 1. The second-order valence-electron chi connectivity index (χ2n) is 4.52. The van der Waals surface area contributed by atoms with Crippen molar-refractivity contribution < 1.29 is 27.4 Å². The minimum atomic E-state index is -3.11. The molecule has 2 rings (SSSR count). The fourth-order valence-electron chi connectivity index (χ4n) is 2.02. The molecule has 22 heavy (non-hydrogen) atoms.